The van der Waals surface area contributed by atoms with Crippen molar-refractivity contribution in [3.8, 4) is 5.75 Å². The number of carbonyl (C=O) groups is 2. The van der Waals surface area contributed by atoms with Gasteiger partial charge in [0.15, 0.2) is 0 Å². The molecule has 6 nitrogen and oxygen atoms in total. The van der Waals surface area contributed by atoms with E-state index in [-0.39, 0.29) is 12.6 Å². The van der Waals surface area contributed by atoms with Crippen molar-refractivity contribution in [1.82, 2.24) is 5.32 Å². The monoisotopic (exact) mass is 292 g/mol. The zero-order valence-electron chi connectivity index (χ0n) is 12.3. The molecule has 0 aliphatic heterocycles. The van der Waals surface area contributed by atoms with Gasteiger partial charge in [-0.25, -0.2) is 4.79 Å². The number of aliphatic carboxylic acids is 1. The highest BCUT2D eigenvalue weighted by Crippen LogP contribution is 2.40. The summed E-state index contributed by atoms with van der Waals surface area (Å²) in [4.78, 5) is 24.9. The second kappa shape index (κ2) is 6.03. The minimum Gasteiger partial charge on any atom is -0.495 e. The molecule has 1 saturated carbocycles. The Balaban J connectivity index is 2.01. The molecule has 6 heteroatoms. The third-order valence-electron chi connectivity index (χ3n) is 4.09. The fraction of sp³-hybridized carbons (Fsp3) is 0.467. The van der Waals surface area contributed by atoms with Crippen LogP contribution in [0.1, 0.15) is 19.3 Å². The number of hydrogen-bond acceptors (Lipinski definition) is 3. The summed E-state index contributed by atoms with van der Waals surface area (Å²) in [5.41, 5.74) is -0.160. The molecule has 114 valence electrons. The first-order valence-corrected chi connectivity index (χ1v) is 6.88. The summed E-state index contributed by atoms with van der Waals surface area (Å²) in [5, 5.41) is 12.0. The quantitative estimate of drug-likeness (QED) is 0.871. The number of hydrogen-bond donors (Lipinski definition) is 2. The number of amides is 2. The number of benzene rings is 1. The number of methoxy groups -OCH3 is 1. The Morgan fingerprint density at radius 2 is 2.05 bits per heavy atom. The van der Waals surface area contributed by atoms with E-state index in [1.54, 1.807) is 26.3 Å². The molecule has 0 heterocycles. The third-order valence-corrected chi connectivity index (χ3v) is 4.09. The van der Waals surface area contributed by atoms with Crippen molar-refractivity contribution in [2.45, 2.75) is 19.3 Å². The van der Waals surface area contributed by atoms with E-state index in [0.717, 1.165) is 6.42 Å². The molecule has 1 aliphatic carbocycles. The maximum atomic E-state index is 12.2. The van der Waals surface area contributed by atoms with Crippen molar-refractivity contribution in [3.63, 3.8) is 0 Å². The van der Waals surface area contributed by atoms with Gasteiger partial charge in [0.05, 0.1) is 18.2 Å². The number of ether oxygens (including phenoxy) is 1. The smallest absolute Gasteiger partial charge is 0.321 e. The Bertz CT molecular complexity index is 540. The summed E-state index contributed by atoms with van der Waals surface area (Å²) >= 11 is 0. The number of nitrogens with one attached hydrogen (secondary N) is 1. The predicted molar refractivity (Wildman–Crippen MR) is 78.7 cm³/mol. The van der Waals surface area contributed by atoms with Crippen LogP contribution >= 0.6 is 0 Å². The fourth-order valence-corrected chi connectivity index (χ4v) is 2.45. The number of rotatable bonds is 5. The van der Waals surface area contributed by atoms with E-state index < -0.39 is 11.4 Å². The van der Waals surface area contributed by atoms with Crippen LogP contribution in [0.2, 0.25) is 0 Å². The number of urea groups is 1. The number of carbonyl (C=O) groups excluding carboxylic acids is 1. The van der Waals surface area contributed by atoms with Gasteiger partial charge in [-0.05, 0) is 25.0 Å². The van der Waals surface area contributed by atoms with Crippen LogP contribution in [-0.4, -0.2) is 37.8 Å². The summed E-state index contributed by atoms with van der Waals surface area (Å²) in [7, 11) is 3.17. The molecular formula is C15H20N2O4. The third kappa shape index (κ3) is 2.94. The lowest BCUT2D eigenvalue weighted by molar-refractivity contribution is -0.153. The topological polar surface area (TPSA) is 78.9 Å². The maximum Gasteiger partial charge on any atom is 0.321 e. The highest BCUT2D eigenvalue weighted by atomic mass is 16.5. The highest BCUT2D eigenvalue weighted by Gasteiger charge is 2.44. The van der Waals surface area contributed by atoms with Crippen LogP contribution < -0.4 is 15.0 Å². The van der Waals surface area contributed by atoms with Gasteiger partial charge in [0, 0.05) is 13.6 Å². The van der Waals surface area contributed by atoms with Crippen molar-refractivity contribution in [2.75, 3.05) is 25.6 Å². The van der Waals surface area contributed by atoms with Crippen LogP contribution in [0.15, 0.2) is 24.3 Å². The molecule has 21 heavy (non-hydrogen) atoms. The summed E-state index contributed by atoms with van der Waals surface area (Å²) in [6.45, 7) is 0.153. The van der Waals surface area contributed by atoms with E-state index in [9.17, 15) is 14.7 Å². The standard InChI is InChI=1S/C15H20N2O4/c1-17(11-6-3-4-7-12(11)21-2)14(20)16-10-15(13(18)19)8-5-9-15/h3-4,6-7H,5,8-10H2,1-2H3,(H,16,20)(H,18,19). The zero-order chi connectivity index (χ0) is 15.5. The number of carboxylic acid groups (broad SMARTS) is 1. The van der Waals surface area contributed by atoms with E-state index >= 15 is 0 Å². The Morgan fingerprint density at radius 3 is 2.57 bits per heavy atom. The van der Waals surface area contributed by atoms with Crippen LogP contribution in [0.3, 0.4) is 0 Å². The van der Waals surface area contributed by atoms with Gasteiger partial charge in [-0.3, -0.25) is 9.69 Å². The Morgan fingerprint density at radius 1 is 1.38 bits per heavy atom. The molecule has 2 amide bonds. The summed E-state index contributed by atoms with van der Waals surface area (Å²) < 4.78 is 5.22. The second-order valence-corrected chi connectivity index (χ2v) is 5.33. The minimum absolute atomic E-state index is 0.153. The Kier molecular flexibility index (Phi) is 4.35. The van der Waals surface area contributed by atoms with Gasteiger partial charge in [-0.2, -0.15) is 0 Å². The average Bonchev–Trinajstić information content (AvgIpc) is 2.44. The van der Waals surface area contributed by atoms with E-state index in [4.69, 9.17) is 4.74 Å². The molecule has 1 aliphatic rings. The molecule has 1 aromatic rings. The van der Waals surface area contributed by atoms with Crippen molar-refractivity contribution in [2.24, 2.45) is 5.41 Å². The van der Waals surface area contributed by atoms with Crippen LogP contribution in [0, 0.1) is 5.41 Å². The molecule has 2 N–H and O–H groups in total. The average molecular weight is 292 g/mol. The van der Waals surface area contributed by atoms with E-state index in [1.807, 2.05) is 12.1 Å². The van der Waals surface area contributed by atoms with Gasteiger partial charge in [-0.15, -0.1) is 0 Å². The first-order chi connectivity index (χ1) is 10.00. The molecule has 0 radical (unpaired) electrons. The molecule has 1 aromatic carbocycles. The lowest BCUT2D eigenvalue weighted by atomic mass is 9.69. The van der Waals surface area contributed by atoms with Crippen LogP contribution in [0.4, 0.5) is 10.5 Å². The van der Waals surface area contributed by atoms with E-state index in [0.29, 0.717) is 24.3 Å². The lowest BCUT2D eigenvalue weighted by Crippen LogP contribution is -2.50. The van der Waals surface area contributed by atoms with Crippen molar-refractivity contribution < 1.29 is 19.4 Å². The lowest BCUT2D eigenvalue weighted by Gasteiger charge is -2.38. The van der Waals surface area contributed by atoms with Gasteiger partial charge in [0.2, 0.25) is 0 Å². The zero-order valence-corrected chi connectivity index (χ0v) is 12.3. The van der Waals surface area contributed by atoms with E-state index in [2.05, 4.69) is 5.32 Å². The first kappa shape index (κ1) is 15.2. The minimum atomic E-state index is -0.839. The molecule has 2 rings (SSSR count). The molecule has 1 fully saturated rings. The SMILES string of the molecule is COc1ccccc1N(C)C(=O)NCC1(C(=O)O)CCC1. The van der Waals surface area contributed by atoms with Crippen LogP contribution in [0.25, 0.3) is 0 Å². The van der Waals surface area contributed by atoms with Crippen molar-refractivity contribution in [3.05, 3.63) is 24.3 Å². The fourth-order valence-electron chi connectivity index (χ4n) is 2.45. The molecule has 0 bridgehead atoms. The van der Waals surface area contributed by atoms with Crippen molar-refractivity contribution in [1.29, 1.82) is 0 Å². The number of nitrogens with zero attached hydrogens (tertiary/aromatic N) is 1. The largest absolute Gasteiger partial charge is 0.495 e. The Labute approximate surface area is 123 Å². The predicted octanol–water partition coefficient (Wildman–Crippen LogP) is 2.10. The number of anilines is 1. The van der Waals surface area contributed by atoms with Crippen LogP contribution in [0.5, 0.6) is 5.75 Å². The summed E-state index contributed by atoms with van der Waals surface area (Å²) in [6, 6.07) is 6.83. The molecular weight excluding hydrogens is 272 g/mol. The summed E-state index contributed by atoms with van der Waals surface area (Å²) in [6.07, 6.45) is 2.12. The van der Waals surface area contributed by atoms with E-state index in [1.165, 1.54) is 4.90 Å². The van der Waals surface area contributed by atoms with Gasteiger partial charge in [0.25, 0.3) is 0 Å². The molecule has 0 saturated heterocycles. The number of para-hydroxylation sites is 2. The molecule has 0 aromatic heterocycles. The number of carboxylic acids is 1. The van der Waals surface area contributed by atoms with Crippen LogP contribution in [-0.2, 0) is 4.79 Å². The van der Waals surface area contributed by atoms with Gasteiger partial charge >= 0.3 is 12.0 Å². The van der Waals surface area contributed by atoms with Gasteiger partial charge < -0.3 is 15.2 Å². The first-order valence-electron chi connectivity index (χ1n) is 6.88. The Hall–Kier alpha value is -2.24. The maximum absolute atomic E-state index is 12.2. The van der Waals surface area contributed by atoms with Crippen molar-refractivity contribution >= 4 is 17.7 Å². The molecule has 0 unspecified atom stereocenters. The van der Waals surface area contributed by atoms with Gasteiger partial charge in [0.1, 0.15) is 5.75 Å². The highest BCUT2D eigenvalue weighted by molar-refractivity contribution is 5.93. The molecule has 0 spiro atoms. The summed E-state index contributed by atoms with van der Waals surface area (Å²) in [5.74, 6) is -0.249. The second-order valence-electron chi connectivity index (χ2n) is 5.33. The molecule has 0 atom stereocenters. The normalized spacial score (nSPS) is 15.7. The van der Waals surface area contributed by atoms with Gasteiger partial charge in [-0.1, -0.05) is 18.6 Å².